The van der Waals surface area contributed by atoms with E-state index >= 15 is 0 Å². The minimum Gasteiger partial charge on any atom is -0.465 e. The van der Waals surface area contributed by atoms with Crippen molar-refractivity contribution in [2.24, 2.45) is 0 Å². The van der Waals surface area contributed by atoms with Crippen LogP contribution in [-0.2, 0) is 14.3 Å². The average molecular weight is 261 g/mol. The first-order chi connectivity index (χ1) is 8.18. The molecule has 0 aromatic heterocycles. The van der Waals surface area contributed by atoms with Crippen molar-refractivity contribution >= 4 is 17.7 Å². The highest BCUT2D eigenvalue weighted by Gasteiger charge is 2.45. The number of thioether (sulfide) groups is 1. The van der Waals surface area contributed by atoms with Crippen LogP contribution >= 0.6 is 11.8 Å². The van der Waals surface area contributed by atoms with E-state index in [2.05, 4.69) is 5.32 Å². The van der Waals surface area contributed by atoms with Gasteiger partial charge in [-0.3, -0.25) is 4.79 Å². The number of esters is 1. The van der Waals surface area contributed by atoms with Crippen LogP contribution in [0, 0.1) is 0 Å². The van der Waals surface area contributed by atoms with Crippen molar-refractivity contribution in [3.63, 3.8) is 0 Å². The molecule has 0 aromatic rings. The zero-order valence-electron chi connectivity index (χ0n) is 11.0. The lowest BCUT2D eigenvalue weighted by Crippen LogP contribution is -2.49. The fourth-order valence-electron chi connectivity index (χ4n) is 2.22. The monoisotopic (exact) mass is 261 g/mol. The number of nitrogens with one attached hydrogen (secondary N) is 1. The van der Waals surface area contributed by atoms with E-state index in [-0.39, 0.29) is 5.97 Å². The van der Waals surface area contributed by atoms with E-state index in [0.29, 0.717) is 11.9 Å². The van der Waals surface area contributed by atoms with Gasteiger partial charge in [-0.05, 0) is 33.2 Å². The topological polar surface area (TPSA) is 47.6 Å². The van der Waals surface area contributed by atoms with Gasteiger partial charge in [0.1, 0.15) is 5.54 Å². The zero-order valence-corrected chi connectivity index (χ0v) is 11.8. The fourth-order valence-corrected chi connectivity index (χ4v) is 3.51. The Balaban J connectivity index is 2.46. The molecule has 0 saturated heterocycles. The lowest BCUT2D eigenvalue weighted by Gasteiger charge is -2.26. The Morgan fingerprint density at radius 3 is 2.94 bits per heavy atom. The van der Waals surface area contributed by atoms with E-state index in [1.54, 1.807) is 7.11 Å². The number of hydrogen-bond acceptors (Lipinski definition) is 5. The predicted molar refractivity (Wildman–Crippen MR) is 70.4 cm³/mol. The molecule has 0 bridgehead atoms. The van der Waals surface area contributed by atoms with Gasteiger partial charge in [0.25, 0.3) is 0 Å². The van der Waals surface area contributed by atoms with E-state index in [0.717, 1.165) is 31.6 Å². The molecule has 1 rings (SSSR count). The van der Waals surface area contributed by atoms with Crippen molar-refractivity contribution in [3.05, 3.63) is 0 Å². The molecule has 4 nitrogen and oxygen atoms in total. The molecule has 1 fully saturated rings. The number of methoxy groups -OCH3 is 1. The first-order valence-corrected chi connectivity index (χ1v) is 7.20. The summed E-state index contributed by atoms with van der Waals surface area (Å²) in [4.78, 5) is 12.0. The van der Waals surface area contributed by atoms with Gasteiger partial charge in [-0.15, -0.1) is 0 Å². The third-order valence-corrected chi connectivity index (χ3v) is 4.53. The Kier molecular flexibility index (Phi) is 6.30. The first kappa shape index (κ1) is 14.8. The second-order valence-corrected chi connectivity index (χ2v) is 5.69. The highest BCUT2D eigenvalue weighted by molar-refractivity contribution is 7.99. The number of ether oxygens (including phenoxy) is 2. The molecule has 2 unspecified atom stereocenters. The summed E-state index contributed by atoms with van der Waals surface area (Å²) in [6.45, 7) is 3.07. The molecule has 0 aromatic carbocycles. The molecule has 0 radical (unpaired) electrons. The van der Waals surface area contributed by atoms with E-state index < -0.39 is 5.54 Å². The Morgan fingerprint density at radius 2 is 2.35 bits per heavy atom. The van der Waals surface area contributed by atoms with Crippen LogP contribution in [0.2, 0.25) is 0 Å². The Hall–Kier alpha value is -0.260. The van der Waals surface area contributed by atoms with Gasteiger partial charge in [-0.1, -0.05) is 0 Å². The van der Waals surface area contributed by atoms with Crippen molar-refractivity contribution in [2.45, 2.75) is 37.0 Å². The van der Waals surface area contributed by atoms with Crippen LogP contribution in [0.1, 0.15) is 26.2 Å². The summed E-state index contributed by atoms with van der Waals surface area (Å²) in [6, 6.07) is 0. The maximum Gasteiger partial charge on any atom is 0.326 e. The van der Waals surface area contributed by atoms with Crippen LogP contribution in [0.5, 0.6) is 0 Å². The number of rotatable bonds is 7. The van der Waals surface area contributed by atoms with Crippen LogP contribution < -0.4 is 5.32 Å². The van der Waals surface area contributed by atoms with Crippen molar-refractivity contribution in [3.8, 4) is 0 Å². The smallest absolute Gasteiger partial charge is 0.326 e. The molecule has 1 aliphatic rings. The molecule has 0 heterocycles. The van der Waals surface area contributed by atoms with Crippen LogP contribution in [0.25, 0.3) is 0 Å². The maximum atomic E-state index is 12.0. The van der Waals surface area contributed by atoms with E-state index in [1.807, 2.05) is 25.7 Å². The van der Waals surface area contributed by atoms with Crippen molar-refractivity contribution in [2.75, 3.05) is 33.1 Å². The number of hydrogen-bond donors (Lipinski definition) is 1. The summed E-state index contributed by atoms with van der Waals surface area (Å²) < 4.78 is 10.2. The summed E-state index contributed by atoms with van der Waals surface area (Å²) in [5.41, 5.74) is -0.458. The van der Waals surface area contributed by atoms with Gasteiger partial charge in [0, 0.05) is 18.1 Å². The number of carbonyl (C=O) groups excluding carboxylic acids is 1. The molecule has 0 spiro atoms. The molecule has 1 N–H and O–H groups in total. The molecular formula is C12H23NO3S. The Bertz CT molecular complexity index is 250. The molecule has 2 atom stereocenters. The maximum absolute atomic E-state index is 12.0. The first-order valence-electron chi connectivity index (χ1n) is 6.15. The number of carbonyl (C=O) groups is 1. The normalized spacial score (nSPS) is 28.3. The van der Waals surface area contributed by atoms with Crippen LogP contribution in [0.15, 0.2) is 0 Å². The van der Waals surface area contributed by atoms with Gasteiger partial charge in [0.05, 0.1) is 13.2 Å². The van der Waals surface area contributed by atoms with Crippen molar-refractivity contribution in [1.82, 2.24) is 5.32 Å². The SMILES string of the molecule is CCOC(=O)C1(NC)CCC(SCCOC)C1. The molecule has 1 saturated carbocycles. The quantitative estimate of drug-likeness (QED) is 0.555. The van der Waals surface area contributed by atoms with Gasteiger partial charge in [-0.25, -0.2) is 0 Å². The molecule has 17 heavy (non-hydrogen) atoms. The molecule has 0 aliphatic heterocycles. The van der Waals surface area contributed by atoms with Gasteiger partial charge in [0.2, 0.25) is 0 Å². The van der Waals surface area contributed by atoms with Crippen molar-refractivity contribution < 1.29 is 14.3 Å². The van der Waals surface area contributed by atoms with Crippen molar-refractivity contribution in [1.29, 1.82) is 0 Å². The van der Waals surface area contributed by atoms with Crippen LogP contribution in [0.4, 0.5) is 0 Å². The Labute approximate surface area is 108 Å². The standard InChI is InChI=1S/C12H23NO3S/c1-4-16-11(14)12(13-2)6-5-10(9-12)17-8-7-15-3/h10,13H,4-9H2,1-3H3. The summed E-state index contributed by atoms with van der Waals surface area (Å²) in [7, 11) is 3.56. The average Bonchev–Trinajstić information content (AvgIpc) is 2.75. The highest BCUT2D eigenvalue weighted by Crippen LogP contribution is 2.37. The molecular weight excluding hydrogens is 238 g/mol. The highest BCUT2D eigenvalue weighted by atomic mass is 32.2. The van der Waals surface area contributed by atoms with E-state index in [9.17, 15) is 4.79 Å². The summed E-state index contributed by atoms with van der Waals surface area (Å²) >= 11 is 1.89. The second kappa shape index (κ2) is 7.24. The van der Waals surface area contributed by atoms with Gasteiger partial charge >= 0.3 is 5.97 Å². The minimum absolute atomic E-state index is 0.0997. The van der Waals surface area contributed by atoms with E-state index in [1.165, 1.54) is 0 Å². The predicted octanol–water partition coefficient (Wildman–Crippen LogP) is 1.44. The lowest BCUT2D eigenvalue weighted by atomic mass is 9.98. The summed E-state index contributed by atoms with van der Waals surface area (Å²) in [5, 5.41) is 3.69. The van der Waals surface area contributed by atoms with Crippen LogP contribution in [-0.4, -0.2) is 49.9 Å². The van der Waals surface area contributed by atoms with Gasteiger partial charge in [0.15, 0.2) is 0 Å². The molecule has 0 amide bonds. The van der Waals surface area contributed by atoms with Crippen LogP contribution in [0.3, 0.4) is 0 Å². The molecule has 1 aliphatic carbocycles. The van der Waals surface area contributed by atoms with E-state index in [4.69, 9.17) is 9.47 Å². The molecule has 100 valence electrons. The van der Waals surface area contributed by atoms with Gasteiger partial charge in [-0.2, -0.15) is 11.8 Å². The number of likely N-dealkylation sites (N-methyl/N-ethyl adjacent to an activating group) is 1. The van der Waals surface area contributed by atoms with Gasteiger partial charge < -0.3 is 14.8 Å². The largest absolute Gasteiger partial charge is 0.465 e. The Morgan fingerprint density at radius 1 is 1.59 bits per heavy atom. The fraction of sp³-hybridized carbons (Fsp3) is 0.917. The third kappa shape index (κ3) is 3.86. The summed E-state index contributed by atoms with van der Waals surface area (Å²) in [6.07, 6.45) is 2.79. The molecule has 5 heteroatoms. The minimum atomic E-state index is -0.458. The zero-order chi connectivity index (χ0) is 12.7. The third-order valence-electron chi connectivity index (χ3n) is 3.25. The lowest BCUT2D eigenvalue weighted by molar-refractivity contribution is -0.150. The summed E-state index contributed by atoms with van der Waals surface area (Å²) in [5.74, 6) is 0.890. The second-order valence-electron chi connectivity index (χ2n) is 4.28.